The van der Waals surface area contributed by atoms with E-state index in [1.807, 2.05) is 12.3 Å². The highest BCUT2D eigenvalue weighted by Gasteiger charge is 2.23. The summed E-state index contributed by atoms with van der Waals surface area (Å²) in [6.45, 7) is 7.03. The lowest BCUT2D eigenvalue weighted by atomic mass is 10.1. The molecule has 0 bridgehead atoms. The molecule has 5 nitrogen and oxygen atoms in total. The molecule has 0 radical (unpaired) electrons. The zero-order valence-electron chi connectivity index (χ0n) is 14.4. The SMILES string of the molecule is CCN(C(C)=O)c1nc(CN2CCOC(c3ccc(F)cc3)C2)cs1. The number of aromatic nitrogens is 1. The van der Waals surface area contributed by atoms with Crippen molar-refractivity contribution in [1.29, 1.82) is 0 Å². The number of thiazole rings is 1. The standard InChI is InChI=1S/C18H22FN3O2S/c1-3-22(13(2)23)18-20-16(12-25-18)10-21-8-9-24-17(11-21)14-4-6-15(19)7-5-14/h4-7,12,17H,3,8-11H2,1-2H3. The zero-order valence-corrected chi connectivity index (χ0v) is 15.3. The minimum Gasteiger partial charge on any atom is -0.371 e. The smallest absolute Gasteiger partial charge is 0.225 e. The van der Waals surface area contributed by atoms with E-state index in [4.69, 9.17) is 4.74 Å². The topological polar surface area (TPSA) is 45.7 Å². The first-order valence-corrected chi connectivity index (χ1v) is 9.26. The maximum Gasteiger partial charge on any atom is 0.225 e. The molecule has 1 aromatic carbocycles. The number of rotatable bonds is 5. The van der Waals surface area contributed by atoms with Crippen molar-refractivity contribution >= 4 is 22.4 Å². The molecule has 3 rings (SSSR count). The van der Waals surface area contributed by atoms with E-state index in [9.17, 15) is 9.18 Å². The lowest BCUT2D eigenvalue weighted by Crippen LogP contribution is -2.37. The van der Waals surface area contributed by atoms with E-state index >= 15 is 0 Å². The van der Waals surface area contributed by atoms with Crippen LogP contribution >= 0.6 is 11.3 Å². The van der Waals surface area contributed by atoms with Gasteiger partial charge in [0.2, 0.25) is 5.91 Å². The fourth-order valence-electron chi connectivity index (χ4n) is 2.94. The highest BCUT2D eigenvalue weighted by Crippen LogP contribution is 2.25. The molecule has 1 saturated heterocycles. The minimum absolute atomic E-state index is 0.00569. The highest BCUT2D eigenvalue weighted by atomic mass is 32.1. The maximum atomic E-state index is 13.1. The Morgan fingerprint density at radius 1 is 1.44 bits per heavy atom. The van der Waals surface area contributed by atoms with Crippen LogP contribution in [0.2, 0.25) is 0 Å². The van der Waals surface area contributed by atoms with Gasteiger partial charge in [0.25, 0.3) is 0 Å². The first-order chi connectivity index (χ1) is 12.1. The first-order valence-electron chi connectivity index (χ1n) is 8.38. The molecular formula is C18H22FN3O2S. The molecule has 0 spiro atoms. The van der Waals surface area contributed by atoms with Crippen molar-refractivity contribution in [2.75, 3.05) is 31.1 Å². The molecule has 134 valence electrons. The number of carbonyl (C=O) groups is 1. The van der Waals surface area contributed by atoms with Crippen molar-refractivity contribution in [2.24, 2.45) is 0 Å². The predicted octanol–water partition coefficient (Wildman–Crippen LogP) is 3.23. The molecule has 2 heterocycles. The number of ether oxygens (including phenoxy) is 1. The Morgan fingerprint density at radius 3 is 2.88 bits per heavy atom. The van der Waals surface area contributed by atoms with Crippen LogP contribution in [0.15, 0.2) is 29.6 Å². The fraction of sp³-hybridized carbons (Fsp3) is 0.444. The molecule has 1 atom stereocenters. The van der Waals surface area contributed by atoms with Gasteiger partial charge in [-0.05, 0) is 24.6 Å². The summed E-state index contributed by atoms with van der Waals surface area (Å²) in [5, 5.41) is 2.75. The highest BCUT2D eigenvalue weighted by molar-refractivity contribution is 7.14. The Bertz CT molecular complexity index is 719. The predicted molar refractivity (Wildman–Crippen MR) is 96.2 cm³/mol. The first kappa shape index (κ1) is 18.0. The number of carbonyl (C=O) groups excluding carboxylic acids is 1. The lowest BCUT2D eigenvalue weighted by molar-refractivity contribution is -0.116. The van der Waals surface area contributed by atoms with Gasteiger partial charge in [0, 0.05) is 38.5 Å². The molecule has 1 aromatic heterocycles. The second-order valence-electron chi connectivity index (χ2n) is 6.03. The van der Waals surface area contributed by atoms with Gasteiger partial charge >= 0.3 is 0 Å². The summed E-state index contributed by atoms with van der Waals surface area (Å²) in [4.78, 5) is 20.2. The van der Waals surface area contributed by atoms with Crippen molar-refractivity contribution in [1.82, 2.24) is 9.88 Å². The Kier molecular flexibility index (Phi) is 5.78. The summed E-state index contributed by atoms with van der Waals surface area (Å²) in [6, 6.07) is 6.48. The van der Waals surface area contributed by atoms with Gasteiger partial charge < -0.3 is 4.74 Å². The van der Waals surface area contributed by atoms with Crippen LogP contribution in [0, 0.1) is 5.82 Å². The average Bonchev–Trinajstić information content (AvgIpc) is 3.04. The van der Waals surface area contributed by atoms with Crippen LogP contribution in [0.1, 0.15) is 31.2 Å². The Balaban J connectivity index is 1.64. The molecule has 1 unspecified atom stereocenters. The summed E-state index contributed by atoms with van der Waals surface area (Å²) >= 11 is 1.49. The maximum absolute atomic E-state index is 13.1. The van der Waals surface area contributed by atoms with E-state index < -0.39 is 0 Å². The Hall–Kier alpha value is -1.83. The van der Waals surface area contributed by atoms with Crippen LogP contribution in [0.4, 0.5) is 9.52 Å². The number of benzene rings is 1. The normalized spacial score (nSPS) is 18.3. The number of hydrogen-bond donors (Lipinski definition) is 0. The average molecular weight is 363 g/mol. The van der Waals surface area contributed by atoms with Crippen molar-refractivity contribution < 1.29 is 13.9 Å². The largest absolute Gasteiger partial charge is 0.371 e. The monoisotopic (exact) mass is 363 g/mol. The number of hydrogen-bond acceptors (Lipinski definition) is 5. The van der Waals surface area contributed by atoms with E-state index in [0.29, 0.717) is 19.7 Å². The Labute approximate surface area is 151 Å². The number of amides is 1. The number of anilines is 1. The van der Waals surface area contributed by atoms with Crippen LogP contribution in [0.25, 0.3) is 0 Å². The Morgan fingerprint density at radius 2 is 2.20 bits per heavy atom. The second-order valence-corrected chi connectivity index (χ2v) is 6.87. The molecule has 1 aliphatic heterocycles. The van der Waals surface area contributed by atoms with Crippen molar-refractivity contribution in [3.8, 4) is 0 Å². The summed E-state index contributed by atoms with van der Waals surface area (Å²) in [6.07, 6.45) is -0.0585. The van der Waals surface area contributed by atoms with Gasteiger partial charge in [-0.15, -0.1) is 11.3 Å². The van der Waals surface area contributed by atoms with Gasteiger partial charge in [0.1, 0.15) is 5.82 Å². The van der Waals surface area contributed by atoms with Gasteiger partial charge in [0.05, 0.1) is 18.4 Å². The number of halogens is 1. The van der Waals surface area contributed by atoms with Gasteiger partial charge in [0.15, 0.2) is 5.13 Å². The van der Waals surface area contributed by atoms with Crippen LogP contribution in [-0.2, 0) is 16.1 Å². The molecule has 1 aliphatic rings. The molecule has 2 aromatic rings. The molecular weight excluding hydrogens is 341 g/mol. The molecule has 0 saturated carbocycles. The summed E-state index contributed by atoms with van der Waals surface area (Å²) < 4.78 is 18.9. The van der Waals surface area contributed by atoms with Gasteiger partial charge in [-0.25, -0.2) is 9.37 Å². The van der Waals surface area contributed by atoms with Crippen molar-refractivity contribution in [2.45, 2.75) is 26.5 Å². The molecule has 0 aliphatic carbocycles. The third-order valence-corrected chi connectivity index (χ3v) is 5.16. The number of morpholine rings is 1. The van der Waals surface area contributed by atoms with Gasteiger partial charge in [-0.3, -0.25) is 14.6 Å². The quantitative estimate of drug-likeness (QED) is 0.818. The summed E-state index contributed by atoms with van der Waals surface area (Å²) in [7, 11) is 0. The lowest BCUT2D eigenvalue weighted by Gasteiger charge is -2.32. The third kappa shape index (κ3) is 4.42. The third-order valence-electron chi connectivity index (χ3n) is 4.24. The number of nitrogens with zero attached hydrogens (tertiary/aromatic N) is 3. The van der Waals surface area contributed by atoms with Crippen LogP contribution in [0.5, 0.6) is 0 Å². The van der Waals surface area contributed by atoms with Gasteiger partial charge in [-0.1, -0.05) is 12.1 Å². The molecule has 7 heteroatoms. The molecule has 25 heavy (non-hydrogen) atoms. The van der Waals surface area contributed by atoms with E-state index in [0.717, 1.165) is 29.5 Å². The van der Waals surface area contributed by atoms with E-state index in [1.165, 1.54) is 23.5 Å². The molecule has 0 N–H and O–H groups in total. The van der Waals surface area contributed by atoms with Crippen LogP contribution in [-0.4, -0.2) is 42.0 Å². The summed E-state index contributed by atoms with van der Waals surface area (Å²) in [5.41, 5.74) is 1.94. The molecule has 1 amide bonds. The van der Waals surface area contributed by atoms with Crippen LogP contribution in [0.3, 0.4) is 0 Å². The van der Waals surface area contributed by atoms with Crippen molar-refractivity contribution in [3.63, 3.8) is 0 Å². The minimum atomic E-state index is -0.239. The van der Waals surface area contributed by atoms with E-state index in [1.54, 1.807) is 24.0 Å². The van der Waals surface area contributed by atoms with E-state index in [2.05, 4.69) is 9.88 Å². The summed E-state index contributed by atoms with van der Waals surface area (Å²) in [5.74, 6) is -0.233. The van der Waals surface area contributed by atoms with Crippen LogP contribution < -0.4 is 4.90 Å². The molecule has 1 fully saturated rings. The van der Waals surface area contributed by atoms with E-state index in [-0.39, 0.29) is 17.8 Å². The second kappa shape index (κ2) is 8.03. The zero-order chi connectivity index (χ0) is 17.8. The fourth-order valence-corrected chi connectivity index (χ4v) is 3.86. The van der Waals surface area contributed by atoms with Gasteiger partial charge in [-0.2, -0.15) is 0 Å². The van der Waals surface area contributed by atoms with Crippen molar-refractivity contribution in [3.05, 3.63) is 46.7 Å².